The van der Waals surface area contributed by atoms with Crippen LogP contribution < -0.4 is 11.1 Å². The molecule has 2 aromatic heterocycles. The van der Waals surface area contributed by atoms with E-state index in [2.05, 4.69) is 26.6 Å². The minimum atomic E-state index is -0.436. The predicted octanol–water partition coefficient (Wildman–Crippen LogP) is 4.44. The minimum Gasteiger partial charge on any atom is -0.420 e. The lowest BCUT2D eigenvalue weighted by Crippen LogP contribution is -2.15. The van der Waals surface area contributed by atoms with E-state index in [-0.39, 0.29) is 16.9 Å². The van der Waals surface area contributed by atoms with Gasteiger partial charge in [0.2, 0.25) is 11.8 Å². The van der Waals surface area contributed by atoms with E-state index in [4.69, 9.17) is 10.2 Å². The number of nitriles is 1. The molecule has 2 aromatic carbocycles. The number of hydrogen-bond donors (Lipinski definition) is 2. The van der Waals surface area contributed by atoms with E-state index in [9.17, 15) is 10.1 Å². The number of aryl methyl sites for hydroxylation is 1. The second kappa shape index (κ2) is 9.32. The number of carbonyl (C=O) groups is 1. The highest BCUT2D eigenvalue weighted by molar-refractivity contribution is 7.98. The van der Waals surface area contributed by atoms with E-state index in [1.165, 1.54) is 17.8 Å². The maximum atomic E-state index is 12.6. The summed E-state index contributed by atoms with van der Waals surface area (Å²) in [5.74, 6) is 0.706. The second-order valence-electron chi connectivity index (χ2n) is 6.86. The molecule has 0 saturated carbocycles. The Bertz CT molecular complexity index is 1300. The number of anilines is 2. The molecule has 8 nitrogen and oxygen atoms in total. The number of nitrogen functional groups attached to an aromatic ring is 1. The fourth-order valence-electron chi connectivity index (χ4n) is 2.86. The summed E-state index contributed by atoms with van der Waals surface area (Å²) in [6, 6.07) is 20.2. The molecular weight excluding hydrogens is 424 g/mol. The summed E-state index contributed by atoms with van der Waals surface area (Å²) in [6.07, 6.45) is 0. The third kappa shape index (κ3) is 4.77. The molecule has 1 amide bonds. The van der Waals surface area contributed by atoms with Gasteiger partial charge in [0.1, 0.15) is 16.9 Å². The average molecular weight is 443 g/mol. The Labute approximate surface area is 188 Å². The quantitative estimate of drug-likeness (QED) is 0.419. The van der Waals surface area contributed by atoms with Crippen LogP contribution in [0.5, 0.6) is 0 Å². The largest absolute Gasteiger partial charge is 0.420 e. The third-order valence-electron chi connectivity index (χ3n) is 4.51. The van der Waals surface area contributed by atoms with E-state index in [0.717, 1.165) is 11.1 Å². The van der Waals surface area contributed by atoms with Gasteiger partial charge in [-0.3, -0.25) is 4.79 Å². The van der Waals surface area contributed by atoms with Crippen molar-refractivity contribution in [3.63, 3.8) is 0 Å². The van der Waals surface area contributed by atoms with Crippen LogP contribution in [-0.2, 0) is 5.75 Å². The van der Waals surface area contributed by atoms with E-state index >= 15 is 0 Å². The molecular formula is C23H18N6O2S. The Morgan fingerprint density at radius 3 is 2.62 bits per heavy atom. The SMILES string of the molecule is Cc1ccc(-c2nnc(CSc3nc(N)c(C(=O)Nc4ccccc4)cc3C#N)o2)cc1. The molecule has 0 atom stereocenters. The number of carbonyl (C=O) groups excluding carboxylic acids is 1. The summed E-state index contributed by atoms with van der Waals surface area (Å²) in [5, 5.41) is 20.8. The van der Waals surface area contributed by atoms with Gasteiger partial charge in [0.15, 0.2) is 0 Å². The molecule has 0 spiro atoms. The van der Waals surface area contributed by atoms with E-state index < -0.39 is 5.91 Å². The van der Waals surface area contributed by atoms with Gasteiger partial charge < -0.3 is 15.5 Å². The number of aromatic nitrogens is 3. The maximum Gasteiger partial charge on any atom is 0.259 e. The van der Waals surface area contributed by atoms with Crippen molar-refractivity contribution in [2.24, 2.45) is 0 Å². The molecule has 0 unspecified atom stereocenters. The summed E-state index contributed by atoms with van der Waals surface area (Å²) in [7, 11) is 0. The zero-order chi connectivity index (χ0) is 22.5. The predicted molar refractivity (Wildman–Crippen MR) is 122 cm³/mol. The standard InChI is InChI=1S/C23H18N6O2S/c1-14-7-9-15(10-8-14)22-29-28-19(31-22)13-32-23-16(12-24)11-18(20(25)27-23)21(30)26-17-5-3-2-4-6-17/h2-11H,13H2,1H3,(H2,25,27)(H,26,30). The number of hydrogen-bond acceptors (Lipinski definition) is 8. The molecule has 0 bridgehead atoms. The van der Waals surface area contributed by atoms with Crippen LogP contribution in [0.3, 0.4) is 0 Å². The summed E-state index contributed by atoms with van der Waals surface area (Å²) >= 11 is 1.23. The van der Waals surface area contributed by atoms with Gasteiger partial charge in [0.25, 0.3) is 5.91 Å². The van der Waals surface area contributed by atoms with Gasteiger partial charge in [0.05, 0.1) is 16.9 Å². The average Bonchev–Trinajstić information content (AvgIpc) is 3.28. The molecule has 0 aliphatic rings. The highest BCUT2D eigenvalue weighted by Gasteiger charge is 2.17. The van der Waals surface area contributed by atoms with Gasteiger partial charge in [-0.15, -0.1) is 10.2 Å². The molecule has 2 heterocycles. The normalized spacial score (nSPS) is 10.5. The molecule has 0 fully saturated rings. The topological polar surface area (TPSA) is 131 Å². The van der Waals surface area contributed by atoms with Gasteiger partial charge >= 0.3 is 0 Å². The smallest absolute Gasteiger partial charge is 0.259 e. The van der Waals surface area contributed by atoms with Crippen LogP contribution in [0.4, 0.5) is 11.5 Å². The summed E-state index contributed by atoms with van der Waals surface area (Å²) in [4.78, 5) is 16.8. The molecule has 4 rings (SSSR count). The molecule has 0 saturated heterocycles. The molecule has 9 heteroatoms. The second-order valence-corrected chi connectivity index (χ2v) is 7.83. The molecule has 4 aromatic rings. The Balaban J connectivity index is 1.48. The molecule has 0 radical (unpaired) electrons. The fraction of sp³-hybridized carbons (Fsp3) is 0.0870. The molecule has 0 aliphatic heterocycles. The molecule has 32 heavy (non-hydrogen) atoms. The number of para-hydroxylation sites is 1. The van der Waals surface area contributed by atoms with Crippen molar-refractivity contribution in [2.75, 3.05) is 11.1 Å². The van der Waals surface area contributed by atoms with Gasteiger partial charge in [-0.05, 0) is 37.3 Å². The van der Waals surface area contributed by atoms with Crippen molar-refractivity contribution < 1.29 is 9.21 Å². The lowest BCUT2D eigenvalue weighted by atomic mass is 10.1. The van der Waals surface area contributed by atoms with Gasteiger partial charge in [-0.25, -0.2) is 4.98 Å². The number of thioether (sulfide) groups is 1. The first-order valence-electron chi connectivity index (χ1n) is 9.62. The van der Waals surface area contributed by atoms with Crippen molar-refractivity contribution >= 4 is 29.2 Å². The third-order valence-corrected chi connectivity index (χ3v) is 5.49. The highest BCUT2D eigenvalue weighted by Crippen LogP contribution is 2.28. The molecule has 0 aliphatic carbocycles. The first-order valence-corrected chi connectivity index (χ1v) is 10.6. The number of nitrogens with two attached hydrogens (primary N) is 1. The van der Waals surface area contributed by atoms with Crippen molar-refractivity contribution in [2.45, 2.75) is 17.7 Å². The van der Waals surface area contributed by atoms with Crippen LogP contribution in [0.25, 0.3) is 11.5 Å². The number of rotatable bonds is 6. The first-order chi connectivity index (χ1) is 15.5. The van der Waals surface area contributed by atoms with E-state index in [1.54, 1.807) is 24.3 Å². The van der Waals surface area contributed by atoms with E-state index in [0.29, 0.717) is 28.2 Å². The van der Waals surface area contributed by atoms with Crippen LogP contribution in [0.1, 0.15) is 27.4 Å². The lowest BCUT2D eigenvalue weighted by molar-refractivity contribution is 0.102. The Morgan fingerprint density at radius 2 is 1.91 bits per heavy atom. The summed E-state index contributed by atoms with van der Waals surface area (Å²) < 4.78 is 5.71. The Hall–Kier alpha value is -4.16. The Morgan fingerprint density at radius 1 is 1.16 bits per heavy atom. The zero-order valence-electron chi connectivity index (χ0n) is 17.1. The summed E-state index contributed by atoms with van der Waals surface area (Å²) in [6.45, 7) is 2.00. The minimum absolute atomic E-state index is 0.0332. The van der Waals surface area contributed by atoms with E-state index in [1.807, 2.05) is 37.3 Å². The van der Waals surface area contributed by atoms with Crippen LogP contribution in [-0.4, -0.2) is 21.1 Å². The van der Waals surface area contributed by atoms with Crippen molar-refractivity contribution in [3.05, 3.63) is 83.2 Å². The molecule has 3 N–H and O–H groups in total. The number of nitrogens with one attached hydrogen (secondary N) is 1. The van der Waals surface area contributed by atoms with Crippen LogP contribution >= 0.6 is 11.8 Å². The van der Waals surface area contributed by atoms with Crippen molar-refractivity contribution in [1.82, 2.24) is 15.2 Å². The number of pyridine rings is 1. The fourth-order valence-corrected chi connectivity index (χ4v) is 3.66. The van der Waals surface area contributed by atoms with Gasteiger partial charge in [-0.2, -0.15) is 5.26 Å². The zero-order valence-corrected chi connectivity index (χ0v) is 17.9. The lowest BCUT2D eigenvalue weighted by Gasteiger charge is -2.09. The first kappa shape index (κ1) is 21.1. The Kier molecular flexibility index (Phi) is 6.14. The number of amides is 1. The van der Waals surface area contributed by atoms with Crippen molar-refractivity contribution in [1.29, 1.82) is 5.26 Å². The van der Waals surface area contributed by atoms with Gasteiger partial charge in [0, 0.05) is 11.3 Å². The summed E-state index contributed by atoms with van der Waals surface area (Å²) in [5.41, 5.74) is 8.97. The number of nitrogens with zero attached hydrogens (tertiary/aromatic N) is 4. The monoisotopic (exact) mass is 442 g/mol. The van der Waals surface area contributed by atoms with Crippen LogP contribution in [0.2, 0.25) is 0 Å². The van der Waals surface area contributed by atoms with Crippen LogP contribution in [0, 0.1) is 18.3 Å². The molecule has 158 valence electrons. The van der Waals surface area contributed by atoms with Crippen LogP contribution in [0.15, 0.2) is 70.1 Å². The van der Waals surface area contributed by atoms with Gasteiger partial charge in [-0.1, -0.05) is 47.7 Å². The van der Waals surface area contributed by atoms with Crippen molar-refractivity contribution in [3.8, 4) is 17.5 Å². The maximum absolute atomic E-state index is 12.6. The number of benzene rings is 2. The highest BCUT2D eigenvalue weighted by atomic mass is 32.2.